The summed E-state index contributed by atoms with van der Waals surface area (Å²) in [6.45, 7) is 3.26. The first-order chi connectivity index (χ1) is 9.27. The van der Waals surface area contributed by atoms with Gasteiger partial charge in [0.05, 0.1) is 6.04 Å². The zero-order valence-corrected chi connectivity index (χ0v) is 13.2. The number of nitrogens with zero attached hydrogens (tertiary/aromatic N) is 1. The Hall–Kier alpha value is -0.480. The lowest BCUT2D eigenvalue weighted by atomic mass is 9.75. The minimum absolute atomic E-state index is 0.373. The van der Waals surface area contributed by atoms with Crippen molar-refractivity contribution in [1.29, 1.82) is 0 Å². The lowest BCUT2D eigenvalue weighted by molar-refractivity contribution is 0.232. The van der Waals surface area contributed by atoms with E-state index in [-0.39, 0.29) is 0 Å². The normalized spacial score (nSPS) is 23.9. The van der Waals surface area contributed by atoms with Crippen molar-refractivity contribution >= 4 is 28.3 Å². The molecule has 0 aromatic carbocycles. The molecule has 0 amide bonds. The van der Waals surface area contributed by atoms with Gasteiger partial charge in [0.25, 0.3) is 0 Å². The van der Waals surface area contributed by atoms with E-state index >= 15 is 0 Å². The molecule has 104 valence electrons. The first-order valence-corrected chi connectivity index (χ1v) is 9.16. The van der Waals surface area contributed by atoms with Crippen LogP contribution in [-0.2, 0) is 0 Å². The van der Waals surface area contributed by atoms with Gasteiger partial charge in [0.15, 0.2) is 5.17 Å². The van der Waals surface area contributed by atoms with Crippen LogP contribution < -0.4 is 5.32 Å². The van der Waals surface area contributed by atoms with E-state index in [9.17, 15) is 0 Å². The van der Waals surface area contributed by atoms with E-state index in [4.69, 9.17) is 4.99 Å². The summed E-state index contributed by atoms with van der Waals surface area (Å²) in [4.78, 5) is 4.83. The summed E-state index contributed by atoms with van der Waals surface area (Å²) in [7, 11) is 0. The predicted octanol–water partition coefficient (Wildman–Crippen LogP) is 4.45. The molecule has 1 fully saturated rings. The summed E-state index contributed by atoms with van der Waals surface area (Å²) < 4.78 is 0. The number of hydrogen-bond donors (Lipinski definition) is 1. The van der Waals surface area contributed by atoms with Gasteiger partial charge in [-0.2, -0.15) is 11.3 Å². The fraction of sp³-hybridized carbons (Fsp3) is 0.667. The van der Waals surface area contributed by atoms with E-state index < -0.39 is 0 Å². The molecule has 1 spiro atoms. The van der Waals surface area contributed by atoms with E-state index in [0.717, 1.165) is 11.7 Å². The number of thioether (sulfide) groups is 1. The van der Waals surface area contributed by atoms with Gasteiger partial charge in [-0.05, 0) is 47.6 Å². The van der Waals surface area contributed by atoms with E-state index in [1.807, 2.05) is 11.8 Å². The van der Waals surface area contributed by atoms with E-state index in [1.165, 1.54) is 43.4 Å². The maximum absolute atomic E-state index is 4.83. The van der Waals surface area contributed by atoms with Crippen LogP contribution in [0.15, 0.2) is 21.8 Å². The molecule has 1 unspecified atom stereocenters. The van der Waals surface area contributed by atoms with Gasteiger partial charge in [-0.3, -0.25) is 4.99 Å². The van der Waals surface area contributed by atoms with Gasteiger partial charge in [-0.15, -0.1) is 0 Å². The highest BCUT2D eigenvalue weighted by Gasteiger charge is 2.35. The van der Waals surface area contributed by atoms with Crippen LogP contribution >= 0.6 is 23.1 Å². The molecule has 0 radical (unpaired) electrons. The second-order valence-electron chi connectivity index (χ2n) is 5.89. The molecular formula is C15H22N2S2. The highest BCUT2D eigenvalue weighted by molar-refractivity contribution is 8.13. The van der Waals surface area contributed by atoms with E-state index in [0.29, 0.717) is 11.5 Å². The fourth-order valence-corrected chi connectivity index (χ4v) is 5.03. The molecule has 0 saturated heterocycles. The summed E-state index contributed by atoms with van der Waals surface area (Å²) in [5.74, 6) is 1.26. The van der Waals surface area contributed by atoms with Crippen molar-refractivity contribution in [3.05, 3.63) is 22.4 Å². The quantitative estimate of drug-likeness (QED) is 0.871. The van der Waals surface area contributed by atoms with Crippen molar-refractivity contribution in [2.24, 2.45) is 10.4 Å². The minimum Gasteiger partial charge on any atom is -0.358 e. The number of thiophene rings is 1. The third-order valence-corrected chi connectivity index (χ3v) is 6.35. The lowest BCUT2D eigenvalue weighted by Gasteiger charge is -2.38. The third kappa shape index (κ3) is 3.16. The topological polar surface area (TPSA) is 24.4 Å². The molecule has 2 aliphatic rings. The molecule has 1 aromatic rings. The number of nitrogens with one attached hydrogen (secondary N) is 1. The average molecular weight is 294 g/mol. The van der Waals surface area contributed by atoms with Gasteiger partial charge in [0.1, 0.15) is 0 Å². The molecular weight excluding hydrogens is 272 g/mol. The Morgan fingerprint density at radius 1 is 1.32 bits per heavy atom. The predicted molar refractivity (Wildman–Crippen MR) is 86.1 cm³/mol. The molecule has 19 heavy (non-hydrogen) atoms. The molecule has 1 atom stereocenters. The van der Waals surface area contributed by atoms with Crippen molar-refractivity contribution in [3.63, 3.8) is 0 Å². The van der Waals surface area contributed by atoms with Crippen LogP contribution in [0.5, 0.6) is 0 Å². The van der Waals surface area contributed by atoms with Crippen LogP contribution in [-0.4, -0.2) is 17.5 Å². The molecule has 1 aromatic heterocycles. The summed E-state index contributed by atoms with van der Waals surface area (Å²) in [5, 5.41) is 9.07. The molecule has 2 nitrogen and oxygen atoms in total. The Labute approximate surface area is 124 Å². The molecule has 1 N–H and O–H groups in total. The lowest BCUT2D eigenvalue weighted by Crippen LogP contribution is -2.37. The van der Waals surface area contributed by atoms with Gasteiger partial charge in [-0.1, -0.05) is 31.0 Å². The summed E-state index contributed by atoms with van der Waals surface area (Å²) in [6, 6.07) is 2.57. The number of rotatable bonds is 2. The average Bonchev–Trinajstić information content (AvgIpc) is 2.97. The number of aliphatic imine (C=N–C) groups is 1. The highest BCUT2D eigenvalue weighted by atomic mass is 32.2. The zero-order chi connectivity index (χ0) is 13.1. The second-order valence-corrected chi connectivity index (χ2v) is 7.64. The van der Waals surface area contributed by atoms with Crippen molar-refractivity contribution < 1.29 is 0 Å². The SMILES string of the molecule is CC(NC1=NCC2(CCCCC2)CS1)c1ccsc1. The largest absolute Gasteiger partial charge is 0.358 e. The van der Waals surface area contributed by atoms with Gasteiger partial charge in [-0.25, -0.2) is 0 Å². The van der Waals surface area contributed by atoms with Crippen molar-refractivity contribution in [2.75, 3.05) is 12.3 Å². The monoisotopic (exact) mass is 294 g/mol. The van der Waals surface area contributed by atoms with Crippen LogP contribution in [0.25, 0.3) is 0 Å². The van der Waals surface area contributed by atoms with Crippen molar-refractivity contribution in [1.82, 2.24) is 5.32 Å². The number of hydrogen-bond acceptors (Lipinski definition) is 4. The Bertz CT molecular complexity index is 433. The summed E-state index contributed by atoms with van der Waals surface area (Å²) >= 11 is 3.70. The first kappa shape index (κ1) is 13.5. The Morgan fingerprint density at radius 3 is 2.79 bits per heavy atom. The van der Waals surface area contributed by atoms with Crippen LogP contribution in [0.2, 0.25) is 0 Å². The molecule has 4 heteroatoms. The van der Waals surface area contributed by atoms with Crippen molar-refractivity contribution in [2.45, 2.75) is 45.1 Å². The first-order valence-electron chi connectivity index (χ1n) is 7.23. The molecule has 1 aliphatic heterocycles. The number of amidine groups is 1. The minimum atomic E-state index is 0.373. The zero-order valence-electron chi connectivity index (χ0n) is 11.5. The standard InChI is InChI=1S/C15H22N2S2/c1-12(13-5-8-18-9-13)17-14-16-10-15(11-19-14)6-3-2-4-7-15/h5,8-9,12H,2-4,6-7,10-11H2,1H3,(H,16,17). The molecule has 1 aliphatic carbocycles. The second kappa shape index (κ2) is 5.88. The van der Waals surface area contributed by atoms with Crippen molar-refractivity contribution in [3.8, 4) is 0 Å². The molecule has 0 bridgehead atoms. The third-order valence-electron chi connectivity index (χ3n) is 4.37. The maximum atomic E-state index is 4.83. The summed E-state index contributed by atoms with van der Waals surface area (Å²) in [6.07, 6.45) is 7.01. The van der Waals surface area contributed by atoms with Gasteiger partial charge in [0.2, 0.25) is 0 Å². The summed E-state index contributed by atoms with van der Waals surface area (Å²) in [5.41, 5.74) is 1.89. The van der Waals surface area contributed by atoms with Gasteiger partial charge >= 0.3 is 0 Å². The highest BCUT2D eigenvalue weighted by Crippen LogP contribution is 2.41. The van der Waals surface area contributed by atoms with Gasteiger partial charge in [0, 0.05) is 12.3 Å². The van der Waals surface area contributed by atoms with E-state index in [1.54, 1.807) is 11.3 Å². The van der Waals surface area contributed by atoms with Crippen LogP contribution in [0, 0.1) is 5.41 Å². The fourth-order valence-electron chi connectivity index (χ4n) is 3.03. The molecule has 1 saturated carbocycles. The Kier molecular flexibility index (Phi) is 4.18. The molecule has 2 heterocycles. The Balaban J connectivity index is 1.59. The molecule has 3 rings (SSSR count). The van der Waals surface area contributed by atoms with Gasteiger partial charge < -0.3 is 5.32 Å². The maximum Gasteiger partial charge on any atom is 0.157 e. The van der Waals surface area contributed by atoms with Crippen LogP contribution in [0.1, 0.15) is 50.6 Å². The van der Waals surface area contributed by atoms with E-state index in [2.05, 4.69) is 29.1 Å². The van der Waals surface area contributed by atoms with Crippen LogP contribution in [0.3, 0.4) is 0 Å². The van der Waals surface area contributed by atoms with Crippen LogP contribution in [0.4, 0.5) is 0 Å². The smallest absolute Gasteiger partial charge is 0.157 e. The Morgan fingerprint density at radius 2 is 2.16 bits per heavy atom.